The van der Waals surface area contributed by atoms with Gasteiger partial charge in [0.1, 0.15) is 18.3 Å². The predicted octanol–water partition coefficient (Wildman–Crippen LogP) is 3.61. The number of amides is 1. The van der Waals surface area contributed by atoms with Crippen LogP contribution < -0.4 is 20.7 Å². The highest BCUT2D eigenvalue weighted by Crippen LogP contribution is 2.33. The summed E-state index contributed by atoms with van der Waals surface area (Å²) >= 11 is 0. The molecule has 2 aromatic carbocycles. The van der Waals surface area contributed by atoms with E-state index in [1.807, 2.05) is 59.5 Å². The van der Waals surface area contributed by atoms with Crippen LogP contribution in [0.2, 0.25) is 0 Å². The molecule has 3 N–H and O–H groups in total. The maximum atomic E-state index is 12.3. The van der Waals surface area contributed by atoms with Gasteiger partial charge in [-0.2, -0.15) is 0 Å². The lowest BCUT2D eigenvalue weighted by molar-refractivity contribution is -0.115. The molecule has 1 aliphatic rings. The van der Waals surface area contributed by atoms with Crippen molar-refractivity contribution in [3.8, 4) is 5.75 Å². The van der Waals surface area contributed by atoms with E-state index in [2.05, 4.69) is 10.3 Å². The fourth-order valence-corrected chi connectivity index (χ4v) is 3.09. The Morgan fingerprint density at radius 2 is 2.07 bits per heavy atom. The van der Waals surface area contributed by atoms with Crippen molar-refractivity contribution in [2.24, 2.45) is 10.7 Å². The summed E-state index contributed by atoms with van der Waals surface area (Å²) in [6.07, 6.45) is 3.12. The standard InChI is InChI=1S/C21H20N4O3/c1-27-17-4-2-3-14(11-17)12-19(26)24-15-5-7-16(8-6-15)25-13-23-21-18(20(25)22)9-10-28-21/h2-11,13,20H,12,22H2,1H3,(H,24,26). The summed E-state index contributed by atoms with van der Waals surface area (Å²) in [5, 5.41) is 2.90. The molecule has 0 fully saturated rings. The Labute approximate surface area is 162 Å². The van der Waals surface area contributed by atoms with E-state index in [1.165, 1.54) is 0 Å². The fraction of sp³-hybridized carbons (Fsp3) is 0.143. The van der Waals surface area contributed by atoms with Crippen molar-refractivity contribution < 1.29 is 13.9 Å². The summed E-state index contributed by atoms with van der Waals surface area (Å²) in [4.78, 5) is 18.4. The van der Waals surface area contributed by atoms with Gasteiger partial charge in [-0.15, -0.1) is 0 Å². The van der Waals surface area contributed by atoms with E-state index in [4.69, 9.17) is 14.9 Å². The lowest BCUT2D eigenvalue weighted by Gasteiger charge is -2.29. The number of anilines is 2. The monoisotopic (exact) mass is 376 g/mol. The van der Waals surface area contributed by atoms with Gasteiger partial charge in [0.05, 0.1) is 25.4 Å². The van der Waals surface area contributed by atoms with Crippen LogP contribution in [0, 0.1) is 0 Å². The number of ether oxygens (including phenoxy) is 1. The molecule has 0 bridgehead atoms. The minimum absolute atomic E-state index is 0.0970. The Hall–Kier alpha value is -3.58. The number of hydrogen-bond acceptors (Lipinski definition) is 6. The van der Waals surface area contributed by atoms with Gasteiger partial charge in [-0.1, -0.05) is 12.1 Å². The second-order valence-electron chi connectivity index (χ2n) is 6.40. The van der Waals surface area contributed by atoms with E-state index < -0.39 is 0 Å². The van der Waals surface area contributed by atoms with Crippen LogP contribution in [0.5, 0.6) is 5.75 Å². The molecule has 0 spiro atoms. The third-order valence-electron chi connectivity index (χ3n) is 4.54. The second-order valence-corrected chi connectivity index (χ2v) is 6.40. The molecular weight excluding hydrogens is 356 g/mol. The first-order valence-corrected chi connectivity index (χ1v) is 8.82. The SMILES string of the molecule is COc1cccc(CC(=O)Nc2ccc(N3C=Nc4occc4C3N)cc2)c1. The van der Waals surface area contributed by atoms with Crippen LogP contribution in [0.15, 0.2) is 70.3 Å². The van der Waals surface area contributed by atoms with Gasteiger partial charge in [-0.3, -0.25) is 4.79 Å². The minimum atomic E-state index is -0.375. The number of rotatable bonds is 5. The van der Waals surface area contributed by atoms with E-state index in [9.17, 15) is 4.79 Å². The highest BCUT2D eigenvalue weighted by Gasteiger charge is 2.24. The van der Waals surface area contributed by atoms with Crippen molar-refractivity contribution in [2.75, 3.05) is 17.3 Å². The third-order valence-corrected chi connectivity index (χ3v) is 4.54. The maximum Gasteiger partial charge on any atom is 0.228 e. The summed E-state index contributed by atoms with van der Waals surface area (Å²) in [6, 6.07) is 16.7. The van der Waals surface area contributed by atoms with Crippen molar-refractivity contribution >= 4 is 29.5 Å². The van der Waals surface area contributed by atoms with E-state index in [0.717, 1.165) is 22.6 Å². The van der Waals surface area contributed by atoms with E-state index in [0.29, 0.717) is 11.6 Å². The molecule has 7 nitrogen and oxygen atoms in total. The zero-order valence-electron chi connectivity index (χ0n) is 15.3. The first-order chi connectivity index (χ1) is 13.6. The molecule has 1 aliphatic heterocycles. The molecular formula is C21H20N4O3. The van der Waals surface area contributed by atoms with E-state index >= 15 is 0 Å². The van der Waals surface area contributed by atoms with Crippen molar-refractivity contribution in [2.45, 2.75) is 12.6 Å². The third kappa shape index (κ3) is 3.60. The zero-order valence-corrected chi connectivity index (χ0v) is 15.3. The first-order valence-electron chi connectivity index (χ1n) is 8.82. The van der Waals surface area contributed by atoms with Crippen LogP contribution in [0.1, 0.15) is 17.3 Å². The number of aliphatic imine (C=N–C) groups is 1. The number of nitrogens with zero attached hydrogens (tertiary/aromatic N) is 2. The lowest BCUT2D eigenvalue weighted by Crippen LogP contribution is -2.35. The van der Waals surface area contributed by atoms with Gasteiger partial charge in [0, 0.05) is 11.4 Å². The Balaban J connectivity index is 1.41. The Kier molecular flexibility index (Phi) is 4.82. The van der Waals surface area contributed by atoms with E-state index in [1.54, 1.807) is 19.7 Å². The molecule has 28 heavy (non-hydrogen) atoms. The molecule has 0 aliphatic carbocycles. The highest BCUT2D eigenvalue weighted by molar-refractivity contribution is 5.93. The number of methoxy groups -OCH3 is 1. The summed E-state index contributed by atoms with van der Waals surface area (Å²) in [5.74, 6) is 1.17. The smallest absolute Gasteiger partial charge is 0.228 e. The number of benzene rings is 2. The van der Waals surface area contributed by atoms with Crippen molar-refractivity contribution in [1.29, 1.82) is 0 Å². The number of fused-ring (bicyclic) bond motifs is 1. The molecule has 142 valence electrons. The van der Waals surface area contributed by atoms with Crippen LogP contribution in [0.3, 0.4) is 0 Å². The van der Waals surface area contributed by atoms with Crippen molar-refractivity contribution in [3.05, 3.63) is 72.0 Å². The summed E-state index contributed by atoms with van der Waals surface area (Å²) in [5.41, 5.74) is 9.59. The first kappa shape index (κ1) is 17.8. The number of carbonyl (C=O) groups is 1. The van der Waals surface area contributed by atoms with Gasteiger partial charge in [0.15, 0.2) is 0 Å². The molecule has 3 aromatic rings. The van der Waals surface area contributed by atoms with Gasteiger partial charge in [0.25, 0.3) is 0 Å². The van der Waals surface area contributed by atoms with Gasteiger partial charge in [-0.25, -0.2) is 4.99 Å². The van der Waals surface area contributed by atoms with E-state index in [-0.39, 0.29) is 18.5 Å². The lowest BCUT2D eigenvalue weighted by atomic mass is 10.1. The topological polar surface area (TPSA) is 93.1 Å². The number of furan rings is 1. The average Bonchev–Trinajstić information content (AvgIpc) is 3.19. The predicted molar refractivity (Wildman–Crippen MR) is 108 cm³/mol. The molecule has 7 heteroatoms. The van der Waals surface area contributed by atoms with Gasteiger partial charge in [-0.05, 0) is 48.0 Å². The van der Waals surface area contributed by atoms with Crippen molar-refractivity contribution in [1.82, 2.24) is 0 Å². The molecule has 0 saturated carbocycles. The molecule has 2 heterocycles. The fourth-order valence-electron chi connectivity index (χ4n) is 3.09. The van der Waals surface area contributed by atoms with Crippen LogP contribution in [-0.2, 0) is 11.2 Å². The van der Waals surface area contributed by atoms with Crippen LogP contribution >= 0.6 is 0 Å². The normalized spacial score (nSPS) is 15.2. The zero-order chi connectivity index (χ0) is 19.5. The number of nitrogens with one attached hydrogen (secondary N) is 1. The molecule has 0 saturated heterocycles. The Morgan fingerprint density at radius 3 is 2.86 bits per heavy atom. The van der Waals surface area contributed by atoms with Crippen molar-refractivity contribution in [3.63, 3.8) is 0 Å². The highest BCUT2D eigenvalue weighted by atomic mass is 16.5. The minimum Gasteiger partial charge on any atom is -0.497 e. The Bertz CT molecular complexity index is 1010. The number of hydrogen-bond donors (Lipinski definition) is 2. The van der Waals surface area contributed by atoms with Crippen LogP contribution in [0.25, 0.3) is 0 Å². The largest absolute Gasteiger partial charge is 0.497 e. The van der Waals surface area contributed by atoms with Gasteiger partial charge in [0.2, 0.25) is 11.8 Å². The summed E-state index contributed by atoms with van der Waals surface area (Å²) in [7, 11) is 1.60. The summed E-state index contributed by atoms with van der Waals surface area (Å²) in [6.45, 7) is 0. The average molecular weight is 376 g/mol. The molecule has 1 unspecified atom stereocenters. The Morgan fingerprint density at radius 1 is 1.25 bits per heavy atom. The quantitative estimate of drug-likeness (QED) is 0.710. The van der Waals surface area contributed by atoms with Gasteiger partial charge >= 0.3 is 0 Å². The van der Waals surface area contributed by atoms with Crippen LogP contribution in [0.4, 0.5) is 17.3 Å². The molecule has 1 atom stereocenters. The summed E-state index contributed by atoms with van der Waals surface area (Å²) < 4.78 is 10.5. The molecule has 4 rings (SSSR count). The molecule has 0 radical (unpaired) electrons. The number of carbonyl (C=O) groups excluding carboxylic acids is 1. The second kappa shape index (κ2) is 7.58. The maximum absolute atomic E-state index is 12.3. The van der Waals surface area contributed by atoms with Crippen LogP contribution in [-0.4, -0.2) is 19.4 Å². The molecule has 1 aromatic heterocycles. The van der Waals surface area contributed by atoms with Gasteiger partial charge < -0.3 is 25.1 Å². The number of nitrogens with two attached hydrogens (primary N) is 1. The molecule has 1 amide bonds.